The SMILES string of the molecule is CC(C)n1c(=O)[nH]c2cc(CC3(O)CC3)ccc21. The monoisotopic (exact) mass is 246 g/mol. The summed E-state index contributed by atoms with van der Waals surface area (Å²) in [5.41, 5.74) is 2.31. The Morgan fingerprint density at radius 2 is 2.17 bits per heavy atom. The summed E-state index contributed by atoms with van der Waals surface area (Å²) in [5, 5.41) is 9.93. The van der Waals surface area contributed by atoms with E-state index in [2.05, 4.69) is 4.98 Å². The highest BCUT2D eigenvalue weighted by Crippen LogP contribution is 2.38. The lowest BCUT2D eigenvalue weighted by atomic mass is 10.1. The maximum absolute atomic E-state index is 11.8. The molecule has 3 rings (SSSR count). The fraction of sp³-hybridized carbons (Fsp3) is 0.500. The molecule has 96 valence electrons. The van der Waals surface area contributed by atoms with Gasteiger partial charge in [0, 0.05) is 12.5 Å². The van der Waals surface area contributed by atoms with E-state index in [4.69, 9.17) is 0 Å². The van der Waals surface area contributed by atoms with Crippen LogP contribution < -0.4 is 5.69 Å². The molecule has 1 heterocycles. The molecule has 0 bridgehead atoms. The average Bonchev–Trinajstić information content (AvgIpc) is 2.89. The van der Waals surface area contributed by atoms with E-state index in [1.54, 1.807) is 4.57 Å². The molecule has 1 fully saturated rings. The van der Waals surface area contributed by atoms with Crippen molar-refractivity contribution in [3.8, 4) is 0 Å². The van der Waals surface area contributed by atoms with Crippen LogP contribution >= 0.6 is 0 Å². The molecule has 4 nitrogen and oxygen atoms in total. The zero-order chi connectivity index (χ0) is 12.9. The Hall–Kier alpha value is -1.55. The maximum atomic E-state index is 11.8. The molecule has 0 aliphatic heterocycles. The van der Waals surface area contributed by atoms with E-state index in [9.17, 15) is 9.90 Å². The molecule has 0 unspecified atom stereocenters. The number of aromatic nitrogens is 2. The number of imidazole rings is 1. The lowest BCUT2D eigenvalue weighted by molar-refractivity contribution is 0.151. The van der Waals surface area contributed by atoms with E-state index in [0.717, 1.165) is 29.4 Å². The number of rotatable bonds is 3. The second kappa shape index (κ2) is 3.72. The fourth-order valence-electron chi connectivity index (χ4n) is 2.50. The Balaban J connectivity index is 2.05. The number of fused-ring (bicyclic) bond motifs is 1. The third-order valence-corrected chi connectivity index (χ3v) is 3.66. The van der Waals surface area contributed by atoms with Crippen LogP contribution in [0.1, 0.15) is 38.3 Å². The van der Waals surface area contributed by atoms with Crippen molar-refractivity contribution in [1.82, 2.24) is 9.55 Å². The van der Waals surface area contributed by atoms with Crippen molar-refractivity contribution in [2.45, 2.75) is 44.8 Å². The molecule has 1 saturated carbocycles. The first-order valence-corrected chi connectivity index (χ1v) is 6.44. The fourth-order valence-corrected chi connectivity index (χ4v) is 2.50. The van der Waals surface area contributed by atoms with Gasteiger partial charge in [0.1, 0.15) is 0 Å². The van der Waals surface area contributed by atoms with Crippen LogP contribution in [-0.4, -0.2) is 20.3 Å². The third kappa shape index (κ3) is 1.86. The number of nitrogens with one attached hydrogen (secondary N) is 1. The van der Waals surface area contributed by atoms with Crippen LogP contribution in [0.3, 0.4) is 0 Å². The molecule has 1 aliphatic rings. The molecular weight excluding hydrogens is 228 g/mol. The second-order valence-electron chi connectivity index (χ2n) is 5.65. The minimum atomic E-state index is -0.491. The standard InChI is InChI=1S/C14H18N2O2/c1-9(2)16-12-4-3-10(8-14(18)5-6-14)7-11(12)15-13(16)17/h3-4,7,9,18H,5-6,8H2,1-2H3,(H,15,17). The maximum Gasteiger partial charge on any atom is 0.326 e. The van der Waals surface area contributed by atoms with E-state index < -0.39 is 5.60 Å². The van der Waals surface area contributed by atoms with Crippen LogP contribution in [0.5, 0.6) is 0 Å². The van der Waals surface area contributed by atoms with E-state index in [0.29, 0.717) is 6.42 Å². The summed E-state index contributed by atoms with van der Waals surface area (Å²) in [6.45, 7) is 3.99. The molecule has 0 saturated heterocycles. The molecule has 0 radical (unpaired) electrons. The summed E-state index contributed by atoms with van der Waals surface area (Å²) in [7, 11) is 0. The van der Waals surface area contributed by atoms with Crippen LogP contribution in [0.4, 0.5) is 0 Å². The van der Waals surface area contributed by atoms with Crippen molar-refractivity contribution in [2.24, 2.45) is 0 Å². The summed E-state index contributed by atoms with van der Waals surface area (Å²) in [5.74, 6) is 0. The van der Waals surface area contributed by atoms with Gasteiger partial charge >= 0.3 is 5.69 Å². The van der Waals surface area contributed by atoms with Crippen molar-refractivity contribution >= 4 is 11.0 Å². The van der Waals surface area contributed by atoms with Gasteiger partial charge in [-0.1, -0.05) is 6.07 Å². The third-order valence-electron chi connectivity index (χ3n) is 3.66. The van der Waals surface area contributed by atoms with Crippen LogP contribution in [0.15, 0.2) is 23.0 Å². The largest absolute Gasteiger partial charge is 0.390 e. The van der Waals surface area contributed by atoms with Gasteiger partial charge in [0.15, 0.2) is 0 Å². The molecule has 0 amide bonds. The predicted molar refractivity (Wildman–Crippen MR) is 70.8 cm³/mol. The molecule has 0 atom stereocenters. The minimum absolute atomic E-state index is 0.0673. The highest BCUT2D eigenvalue weighted by atomic mass is 16.3. The number of benzene rings is 1. The minimum Gasteiger partial charge on any atom is -0.390 e. The summed E-state index contributed by atoms with van der Waals surface area (Å²) >= 11 is 0. The van der Waals surface area contributed by atoms with Crippen molar-refractivity contribution < 1.29 is 5.11 Å². The lowest BCUT2D eigenvalue weighted by Gasteiger charge is -2.09. The zero-order valence-electron chi connectivity index (χ0n) is 10.7. The van der Waals surface area contributed by atoms with Gasteiger partial charge in [0.25, 0.3) is 0 Å². The van der Waals surface area contributed by atoms with Gasteiger partial charge in [-0.05, 0) is 44.4 Å². The van der Waals surface area contributed by atoms with Gasteiger partial charge in [-0.2, -0.15) is 0 Å². The first kappa shape index (κ1) is 11.5. The van der Waals surface area contributed by atoms with E-state index in [1.165, 1.54) is 0 Å². The van der Waals surface area contributed by atoms with Crippen LogP contribution in [-0.2, 0) is 6.42 Å². The van der Waals surface area contributed by atoms with E-state index >= 15 is 0 Å². The molecule has 2 N–H and O–H groups in total. The Morgan fingerprint density at radius 3 is 2.78 bits per heavy atom. The molecule has 1 aromatic carbocycles. The van der Waals surface area contributed by atoms with Gasteiger partial charge in [-0.25, -0.2) is 4.79 Å². The summed E-state index contributed by atoms with van der Waals surface area (Å²) < 4.78 is 1.75. The van der Waals surface area contributed by atoms with Crippen molar-refractivity contribution in [1.29, 1.82) is 0 Å². The Labute approximate surface area is 105 Å². The number of H-pyrrole nitrogens is 1. The molecule has 0 spiro atoms. The molecule has 18 heavy (non-hydrogen) atoms. The van der Waals surface area contributed by atoms with Gasteiger partial charge in [-0.15, -0.1) is 0 Å². The van der Waals surface area contributed by atoms with Gasteiger partial charge < -0.3 is 10.1 Å². The highest BCUT2D eigenvalue weighted by molar-refractivity contribution is 5.76. The number of aromatic amines is 1. The Morgan fingerprint density at radius 1 is 1.44 bits per heavy atom. The van der Waals surface area contributed by atoms with Crippen molar-refractivity contribution in [3.63, 3.8) is 0 Å². The van der Waals surface area contributed by atoms with Gasteiger partial charge in [0.2, 0.25) is 0 Å². The van der Waals surface area contributed by atoms with E-state index in [-0.39, 0.29) is 11.7 Å². The first-order valence-electron chi connectivity index (χ1n) is 6.44. The smallest absolute Gasteiger partial charge is 0.326 e. The number of nitrogens with zero attached hydrogens (tertiary/aromatic N) is 1. The number of hydrogen-bond acceptors (Lipinski definition) is 2. The molecular formula is C14H18N2O2. The average molecular weight is 246 g/mol. The molecule has 4 heteroatoms. The zero-order valence-corrected chi connectivity index (χ0v) is 10.7. The second-order valence-corrected chi connectivity index (χ2v) is 5.65. The van der Waals surface area contributed by atoms with Crippen LogP contribution in [0, 0.1) is 0 Å². The molecule has 1 aliphatic carbocycles. The number of hydrogen-bond donors (Lipinski definition) is 2. The van der Waals surface area contributed by atoms with Crippen LogP contribution in [0.25, 0.3) is 11.0 Å². The normalized spacial score (nSPS) is 17.6. The van der Waals surface area contributed by atoms with Gasteiger partial charge in [-0.3, -0.25) is 4.57 Å². The topological polar surface area (TPSA) is 58.0 Å². The van der Waals surface area contributed by atoms with Crippen molar-refractivity contribution in [3.05, 3.63) is 34.2 Å². The Kier molecular flexibility index (Phi) is 2.38. The quantitative estimate of drug-likeness (QED) is 0.870. The number of aliphatic hydroxyl groups is 1. The highest BCUT2D eigenvalue weighted by Gasteiger charge is 2.40. The summed E-state index contributed by atoms with van der Waals surface area (Å²) in [4.78, 5) is 14.7. The predicted octanol–water partition coefficient (Wildman–Crippen LogP) is 1.98. The first-order chi connectivity index (χ1) is 8.48. The lowest BCUT2D eigenvalue weighted by Crippen LogP contribution is -2.18. The molecule has 1 aromatic heterocycles. The Bertz CT molecular complexity index is 647. The summed E-state index contributed by atoms with van der Waals surface area (Å²) in [6, 6.07) is 6.09. The summed E-state index contributed by atoms with van der Waals surface area (Å²) in [6.07, 6.45) is 2.45. The van der Waals surface area contributed by atoms with E-state index in [1.807, 2.05) is 32.0 Å². The van der Waals surface area contributed by atoms with Gasteiger partial charge in [0.05, 0.1) is 16.6 Å². The molecule has 2 aromatic rings. The van der Waals surface area contributed by atoms with Crippen molar-refractivity contribution in [2.75, 3.05) is 0 Å². The van der Waals surface area contributed by atoms with Crippen LogP contribution in [0.2, 0.25) is 0 Å².